The van der Waals surface area contributed by atoms with Gasteiger partial charge in [-0.05, 0) is 53.4 Å². The van der Waals surface area contributed by atoms with Crippen molar-refractivity contribution in [3.63, 3.8) is 0 Å². The van der Waals surface area contributed by atoms with Crippen molar-refractivity contribution < 1.29 is 24.2 Å². The van der Waals surface area contributed by atoms with Gasteiger partial charge in [-0.25, -0.2) is 9.78 Å². The van der Waals surface area contributed by atoms with E-state index in [4.69, 9.17) is 26.1 Å². The largest absolute Gasteiger partial charge is 0.478 e. The number of carbonyl (C=O) groups excluding carboxylic acids is 1. The Morgan fingerprint density at radius 3 is 2.49 bits per heavy atom. The van der Waals surface area contributed by atoms with Crippen molar-refractivity contribution in [1.82, 2.24) is 15.3 Å². The molecular weight excluding hydrogens is 542 g/mol. The molecule has 0 unspecified atom stereocenters. The molecule has 0 fully saturated rings. The third kappa shape index (κ3) is 5.21. The van der Waals surface area contributed by atoms with Crippen molar-refractivity contribution in [3.8, 4) is 34.0 Å². The van der Waals surface area contributed by atoms with Gasteiger partial charge < -0.3 is 24.9 Å². The highest BCUT2D eigenvalue weighted by molar-refractivity contribution is 6.31. The molecular formula is C32H26ClN3O5. The minimum absolute atomic E-state index is 0.0233. The van der Waals surface area contributed by atoms with Crippen molar-refractivity contribution in [2.45, 2.75) is 25.8 Å². The summed E-state index contributed by atoms with van der Waals surface area (Å²) in [7, 11) is 0. The van der Waals surface area contributed by atoms with Crippen molar-refractivity contribution in [2.75, 3.05) is 6.79 Å². The monoisotopic (exact) mass is 567 g/mol. The molecule has 5 aromatic rings. The van der Waals surface area contributed by atoms with Crippen LogP contribution in [0.15, 0.2) is 78.9 Å². The number of aromatic carboxylic acids is 1. The number of nitrogens with one attached hydrogen (secondary N) is 2. The lowest BCUT2D eigenvalue weighted by Gasteiger charge is -2.19. The summed E-state index contributed by atoms with van der Waals surface area (Å²) in [5, 5.41) is 13.7. The van der Waals surface area contributed by atoms with Gasteiger partial charge in [0.15, 0.2) is 11.5 Å². The number of fused-ring (bicyclic) bond motifs is 2. The molecule has 206 valence electrons. The molecule has 4 aromatic carbocycles. The van der Waals surface area contributed by atoms with Crippen LogP contribution in [0, 0.1) is 0 Å². The number of H-pyrrole nitrogens is 1. The second-order valence-corrected chi connectivity index (χ2v) is 10.2. The second kappa shape index (κ2) is 11.0. The molecule has 1 aromatic heterocycles. The number of halogens is 1. The zero-order chi connectivity index (χ0) is 28.5. The van der Waals surface area contributed by atoms with Gasteiger partial charge in [-0.15, -0.1) is 0 Å². The van der Waals surface area contributed by atoms with E-state index in [0.29, 0.717) is 44.6 Å². The standard InChI is InChI=1S/C32H26ClN3O5/c1-2-6-25(18-7-4-3-5-8-18)36-31(37)19-9-11-21(24(13-19)32(38)39)23-14-20(33)10-12-22(23)30-34-26-15-28-29(41-17-40-28)16-27(26)35-30/h3-5,7-16,25H,2,6,17H2,1H3,(H,34,35)(H,36,37)(H,38,39)/t25-/m1/s1. The Labute approximate surface area is 240 Å². The molecule has 1 aliphatic rings. The number of hydrogen-bond donors (Lipinski definition) is 3. The van der Waals surface area contributed by atoms with Gasteiger partial charge in [0.25, 0.3) is 5.91 Å². The fourth-order valence-electron chi connectivity index (χ4n) is 5.11. The number of hydrogen-bond acceptors (Lipinski definition) is 5. The highest BCUT2D eigenvalue weighted by atomic mass is 35.5. The number of nitrogens with zero attached hydrogens (tertiary/aromatic N) is 1. The Kier molecular flexibility index (Phi) is 7.07. The quantitative estimate of drug-likeness (QED) is 0.182. The Bertz CT molecular complexity index is 1740. The maximum Gasteiger partial charge on any atom is 0.336 e. The SMILES string of the molecule is CCC[C@@H](NC(=O)c1ccc(-c2cc(Cl)ccc2-c2nc3cc4c(cc3[nH]2)OCO4)c(C(=O)O)c1)c1ccccc1. The van der Waals surface area contributed by atoms with E-state index < -0.39 is 5.97 Å². The van der Waals surface area contributed by atoms with Gasteiger partial charge in [0.05, 0.1) is 22.6 Å². The predicted molar refractivity (Wildman–Crippen MR) is 157 cm³/mol. The average Bonchev–Trinajstić information content (AvgIpc) is 3.61. The van der Waals surface area contributed by atoms with Crippen LogP contribution >= 0.6 is 11.6 Å². The maximum absolute atomic E-state index is 13.3. The molecule has 2 heterocycles. The van der Waals surface area contributed by atoms with Crippen molar-refractivity contribution >= 4 is 34.5 Å². The van der Waals surface area contributed by atoms with Crippen LogP contribution in [0.5, 0.6) is 11.5 Å². The van der Waals surface area contributed by atoms with Crippen molar-refractivity contribution in [1.29, 1.82) is 0 Å². The molecule has 8 nitrogen and oxygen atoms in total. The molecule has 6 rings (SSSR count). The van der Waals surface area contributed by atoms with Crippen molar-refractivity contribution in [2.24, 2.45) is 0 Å². The number of aromatic nitrogens is 2. The number of imidazole rings is 1. The summed E-state index contributed by atoms with van der Waals surface area (Å²) >= 11 is 6.38. The van der Waals surface area contributed by atoms with Crippen LogP contribution in [0.1, 0.15) is 52.1 Å². The lowest BCUT2D eigenvalue weighted by molar-refractivity contribution is 0.0697. The minimum atomic E-state index is -1.16. The van der Waals surface area contributed by atoms with Crippen LogP contribution in [-0.2, 0) is 0 Å². The van der Waals surface area contributed by atoms with E-state index >= 15 is 0 Å². The first-order valence-corrected chi connectivity index (χ1v) is 13.6. The Morgan fingerprint density at radius 2 is 1.73 bits per heavy atom. The minimum Gasteiger partial charge on any atom is -0.478 e. The van der Waals surface area contributed by atoms with Crippen LogP contribution in [0.4, 0.5) is 0 Å². The second-order valence-electron chi connectivity index (χ2n) is 9.79. The lowest BCUT2D eigenvalue weighted by Crippen LogP contribution is -2.28. The molecule has 0 aliphatic carbocycles. The molecule has 1 aliphatic heterocycles. The van der Waals surface area contributed by atoms with Gasteiger partial charge in [0.2, 0.25) is 6.79 Å². The first-order chi connectivity index (χ1) is 19.9. The van der Waals surface area contributed by atoms with Gasteiger partial charge in [-0.2, -0.15) is 0 Å². The zero-order valence-electron chi connectivity index (χ0n) is 22.1. The van der Waals surface area contributed by atoms with Gasteiger partial charge in [0, 0.05) is 28.3 Å². The third-order valence-corrected chi connectivity index (χ3v) is 7.34. The number of carbonyl (C=O) groups is 2. The fourth-order valence-corrected chi connectivity index (χ4v) is 5.28. The van der Waals surface area contributed by atoms with Gasteiger partial charge in [0.1, 0.15) is 5.82 Å². The highest BCUT2D eigenvalue weighted by Crippen LogP contribution is 2.39. The number of aromatic amines is 1. The molecule has 0 bridgehead atoms. The predicted octanol–water partition coefficient (Wildman–Crippen LogP) is 7.25. The van der Waals surface area contributed by atoms with E-state index in [2.05, 4.69) is 17.2 Å². The first-order valence-electron chi connectivity index (χ1n) is 13.2. The molecule has 9 heteroatoms. The van der Waals surface area contributed by atoms with E-state index in [9.17, 15) is 14.7 Å². The van der Waals surface area contributed by atoms with E-state index in [1.807, 2.05) is 36.4 Å². The first kappa shape index (κ1) is 26.4. The van der Waals surface area contributed by atoms with Crippen LogP contribution in [0.2, 0.25) is 5.02 Å². The number of carboxylic acids is 1. The van der Waals surface area contributed by atoms with Crippen LogP contribution in [0.25, 0.3) is 33.5 Å². The third-order valence-electron chi connectivity index (χ3n) is 7.10. The van der Waals surface area contributed by atoms with Gasteiger partial charge in [-0.3, -0.25) is 4.79 Å². The molecule has 0 saturated carbocycles. The van der Waals surface area contributed by atoms with Crippen LogP contribution in [-0.4, -0.2) is 33.7 Å². The summed E-state index contributed by atoms with van der Waals surface area (Å²) in [6.45, 7) is 2.21. The molecule has 41 heavy (non-hydrogen) atoms. The lowest BCUT2D eigenvalue weighted by atomic mass is 9.93. The number of benzene rings is 4. The van der Waals surface area contributed by atoms with Crippen LogP contribution in [0.3, 0.4) is 0 Å². The summed E-state index contributed by atoms with van der Waals surface area (Å²) in [5.41, 5.74) is 4.28. The van der Waals surface area contributed by atoms with Gasteiger partial charge >= 0.3 is 5.97 Å². The smallest absolute Gasteiger partial charge is 0.336 e. The summed E-state index contributed by atoms with van der Waals surface area (Å²) in [4.78, 5) is 33.8. The van der Waals surface area contributed by atoms with Crippen molar-refractivity contribution in [3.05, 3.63) is 101 Å². The topological polar surface area (TPSA) is 114 Å². The van der Waals surface area contributed by atoms with E-state index in [1.54, 1.807) is 36.4 Å². The molecule has 0 radical (unpaired) electrons. The molecule has 0 saturated heterocycles. The molecule has 0 spiro atoms. The normalized spacial score (nSPS) is 12.8. The molecule has 3 N–H and O–H groups in total. The summed E-state index contributed by atoms with van der Waals surface area (Å²) in [5.74, 6) is 0.257. The van der Waals surface area contributed by atoms with Gasteiger partial charge in [-0.1, -0.05) is 61.3 Å². The zero-order valence-corrected chi connectivity index (χ0v) is 22.9. The number of carboxylic acid groups (broad SMARTS) is 1. The van der Waals surface area contributed by atoms with E-state index in [-0.39, 0.29) is 29.9 Å². The molecule has 1 atom stereocenters. The number of rotatable bonds is 8. The Hall–Kier alpha value is -4.82. The van der Waals surface area contributed by atoms with E-state index in [1.165, 1.54) is 6.07 Å². The molecule has 1 amide bonds. The number of ether oxygens (including phenoxy) is 2. The number of amides is 1. The highest BCUT2D eigenvalue weighted by Gasteiger charge is 2.22. The Morgan fingerprint density at radius 1 is 0.976 bits per heavy atom. The summed E-state index contributed by atoms with van der Waals surface area (Å²) in [6.07, 6.45) is 1.63. The Balaban J connectivity index is 1.38. The fraction of sp³-hybridized carbons (Fsp3) is 0.156. The maximum atomic E-state index is 13.3. The van der Waals surface area contributed by atoms with Crippen LogP contribution < -0.4 is 14.8 Å². The van der Waals surface area contributed by atoms with E-state index in [0.717, 1.165) is 23.9 Å². The average molecular weight is 568 g/mol. The summed E-state index contributed by atoms with van der Waals surface area (Å²) < 4.78 is 11.0. The summed E-state index contributed by atoms with van der Waals surface area (Å²) in [6, 6.07) is 23.1.